The number of hydrogen-bond donors (Lipinski definition) is 5. The molecule has 0 aliphatic rings. The van der Waals surface area contributed by atoms with Gasteiger partial charge in [-0.15, -0.1) is 0 Å². The van der Waals surface area contributed by atoms with Crippen molar-refractivity contribution in [3.8, 4) is 0 Å². The number of rotatable bonds is 0. The van der Waals surface area contributed by atoms with Crippen LogP contribution in [0.25, 0.3) is 0 Å². The van der Waals surface area contributed by atoms with Gasteiger partial charge in [0.2, 0.25) is 0 Å². The summed E-state index contributed by atoms with van der Waals surface area (Å²) in [6, 6.07) is 0. The predicted molar refractivity (Wildman–Crippen MR) is 77.1 cm³/mol. The van der Waals surface area contributed by atoms with Crippen LogP contribution in [0, 0.1) is 0 Å². The Morgan fingerprint density at radius 1 is 0.545 bits per heavy atom. The minimum Gasteiger partial charge on any atom is 0 e. The molecule has 0 bridgehead atoms. The third-order valence-electron chi connectivity index (χ3n) is 0. The van der Waals surface area contributed by atoms with Crippen LogP contribution in [0.4, 0.5) is 4.79 Å². The van der Waals surface area contributed by atoms with E-state index in [1.54, 1.807) is 0 Å². The topological polar surface area (TPSA) is 465 Å². The summed E-state index contributed by atoms with van der Waals surface area (Å²) in [4.78, 5) is 8.56. The first-order chi connectivity index (χ1) is 3.46. The van der Waals surface area contributed by atoms with Gasteiger partial charge in [0.05, 0.1) is 0 Å². The van der Waals surface area contributed by atoms with E-state index < -0.39 is 13.5 Å². The molecule has 0 aliphatic carbocycles. The SMILES string of the molecule is O.O.O.O.O.O.O.O.O.O.O.O=C(O)O.OB(O)O.[NaH].[NaH].[Zn]. The van der Waals surface area contributed by atoms with E-state index in [-0.39, 0.29) is 139 Å². The van der Waals surface area contributed by atoms with Crippen molar-refractivity contribution in [2.24, 2.45) is 0 Å². The van der Waals surface area contributed by atoms with Gasteiger partial charge in [0.15, 0.2) is 0 Å². The van der Waals surface area contributed by atoms with E-state index >= 15 is 0 Å². The van der Waals surface area contributed by atoms with E-state index in [2.05, 4.69) is 0 Å². The van der Waals surface area contributed by atoms with Gasteiger partial charge >= 0.3 is 72.6 Å². The molecule has 0 aliphatic heterocycles. The second-order valence-corrected chi connectivity index (χ2v) is 0.629. The monoisotopic (exact) mass is 434 g/mol. The number of hydrogen-bond acceptors (Lipinski definition) is 4. The van der Waals surface area contributed by atoms with Crippen molar-refractivity contribution in [2.45, 2.75) is 0 Å². The molecule has 0 saturated carbocycles. The van der Waals surface area contributed by atoms with E-state index in [4.69, 9.17) is 30.1 Å². The fourth-order valence-electron chi connectivity index (χ4n) is 0. The quantitative estimate of drug-likeness (QED) is 0.229. The summed E-state index contributed by atoms with van der Waals surface area (Å²) in [7, 11) is -2.17. The molecule has 0 spiro atoms. The maximum atomic E-state index is 8.56. The summed E-state index contributed by atoms with van der Waals surface area (Å²) in [5.41, 5.74) is 0. The predicted octanol–water partition coefficient (Wildman–Crippen LogP) is -12.2. The Morgan fingerprint density at radius 3 is 0.545 bits per heavy atom. The van der Waals surface area contributed by atoms with Crippen molar-refractivity contribution in [1.82, 2.24) is 0 Å². The van der Waals surface area contributed by atoms with Crippen molar-refractivity contribution in [2.75, 3.05) is 0 Å². The summed E-state index contributed by atoms with van der Waals surface area (Å²) >= 11 is 0. The first kappa shape index (κ1) is 214. The molecule has 0 heterocycles. The maximum absolute atomic E-state index is 8.56. The molecule has 0 atom stereocenters. The van der Waals surface area contributed by atoms with Gasteiger partial charge in [-0.05, 0) is 0 Å². The van der Waals surface area contributed by atoms with E-state index in [0.717, 1.165) is 0 Å². The molecular weight excluding hydrogens is 406 g/mol. The van der Waals surface area contributed by atoms with E-state index in [9.17, 15) is 0 Å². The summed E-state index contributed by atoms with van der Waals surface area (Å²) in [6.45, 7) is 0. The van der Waals surface area contributed by atoms with Gasteiger partial charge in [0.25, 0.3) is 0 Å². The average molecular weight is 435 g/mol. The first-order valence-electron chi connectivity index (χ1n) is 1.43. The fourth-order valence-corrected chi connectivity index (χ4v) is 0. The first-order valence-corrected chi connectivity index (χ1v) is 1.43. The van der Waals surface area contributed by atoms with Crippen LogP contribution < -0.4 is 0 Å². The van der Waals surface area contributed by atoms with E-state index in [1.165, 1.54) is 0 Å². The molecule has 22 heavy (non-hydrogen) atoms. The summed E-state index contributed by atoms with van der Waals surface area (Å²) < 4.78 is 0. The van der Waals surface area contributed by atoms with Gasteiger partial charge in [-0.25, -0.2) is 4.79 Å². The molecule has 0 unspecified atom stereocenters. The van der Waals surface area contributed by atoms with E-state index in [0.29, 0.717) is 0 Å². The smallest absolute Gasteiger partial charge is 0 e. The zero-order valence-corrected chi connectivity index (χ0v) is 12.9. The summed E-state index contributed by atoms with van der Waals surface area (Å²) in [5, 5.41) is 35.4. The minimum absolute atomic E-state index is 0. The summed E-state index contributed by atoms with van der Waals surface area (Å²) in [5.74, 6) is 0. The normalized spacial score (nSPS) is 2.32. The van der Waals surface area contributed by atoms with Crippen LogP contribution in [-0.4, -0.2) is 158 Å². The van der Waals surface area contributed by atoms with Crippen LogP contribution >= 0.6 is 0 Å². The Kier molecular flexibility index (Phi) is 1830. The second-order valence-electron chi connectivity index (χ2n) is 0.629. The van der Waals surface area contributed by atoms with Gasteiger partial charge in [0, 0.05) is 19.5 Å². The van der Waals surface area contributed by atoms with Crippen molar-refractivity contribution in [3.05, 3.63) is 0 Å². The van der Waals surface area contributed by atoms with Crippen LogP contribution in [0.1, 0.15) is 0 Å². The Morgan fingerprint density at radius 2 is 0.545 bits per heavy atom. The molecule has 0 aromatic rings. The Bertz CT molecular complexity index is 70.9. The largest absolute Gasteiger partial charge is 0 e. The molecule has 21 heteroatoms. The van der Waals surface area contributed by atoms with Crippen LogP contribution in [0.5, 0.6) is 0 Å². The van der Waals surface area contributed by atoms with Gasteiger partial charge in [0.1, 0.15) is 0 Å². The van der Waals surface area contributed by atoms with Gasteiger partial charge in [-0.1, -0.05) is 0 Å². The van der Waals surface area contributed by atoms with Gasteiger partial charge in [-0.2, -0.15) is 0 Å². The van der Waals surface area contributed by atoms with Crippen molar-refractivity contribution >= 4 is 72.6 Å². The molecule has 0 rings (SSSR count). The van der Waals surface area contributed by atoms with Crippen LogP contribution in [-0.2, 0) is 19.5 Å². The molecule has 142 valence electrons. The third-order valence-corrected chi connectivity index (χ3v) is 0. The van der Waals surface area contributed by atoms with Gasteiger partial charge in [-0.3, -0.25) is 0 Å². The third kappa shape index (κ3) is 4550. The van der Waals surface area contributed by atoms with Crippen molar-refractivity contribution in [3.63, 3.8) is 0 Å². The minimum atomic E-state index is -2.17. The second kappa shape index (κ2) is 187. The van der Waals surface area contributed by atoms with Crippen molar-refractivity contribution in [1.29, 1.82) is 0 Å². The Balaban J connectivity index is -0.00000000143. The molecule has 17 nitrogen and oxygen atoms in total. The molecule has 0 aromatic heterocycles. The Labute approximate surface area is 181 Å². The zero-order chi connectivity index (χ0) is 7.15. The molecular formula is CH29BNa2O17Zn. The van der Waals surface area contributed by atoms with Crippen LogP contribution in [0.2, 0.25) is 0 Å². The summed E-state index contributed by atoms with van der Waals surface area (Å²) in [6.07, 6.45) is -1.83. The molecule has 0 radical (unpaired) electrons. The van der Waals surface area contributed by atoms with Crippen LogP contribution in [0.3, 0.4) is 0 Å². The number of carboxylic acid groups (broad SMARTS) is 2. The molecule has 0 aromatic carbocycles. The van der Waals surface area contributed by atoms with Crippen LogP contribution in [0.15, 0.2) is 0 Å². The molecule has 0 saturated heterocycles. The molecule has 27 N–H and O–H groups in total. The number of carbonyl (C=O) groups is 1. The zero-order valence-electron chi connectivity index (χ0n) is 9.93. The Hall–Kier alpha value is 1.40. The average Bonchev–Trinajstić information content (AvgIpc) is 1.25. The standard InChI is InChI=1S/CH2O3.BH3O3.2Na.11H2O.Zn.2H/c2*2-1(3)4;;;;;;;;;;;;;;;;/h(H2,2,3,4);2-4H;;;11*1H2;;;. The fraction of sp³-hybridized carbons (Fsp3) is 0. The van der Waals surface area contributed by atoms with Crippen molar-refractivity contribution < 1.29 is 110 Å². The molecule has 0 amide bonds. The van der Waals surface area contributed by atoms with E-state index in [1.807, 2.05) is 0 Å². The van der Waals surface area contributed by atoms with Gasteiger partial charge < -0.3 is 85.5 Å². The maximum Gasteiger partial charge on any atom is 0 e. The molecule has 0 fully saturated rings.